The Labute approximate surface area is 190 Å². The number of hydrogen-bond acceptors (Lipinski definition) is 6. The predicted octanol–water partition coefficient (Wildman–Crippen LogP) is 2.01. The summed E-state index contributed by atoms with van der Waals surface area (Å²) in [6.07, 6.45) is 0.0741. The Hall–Kier alpha value is -2.65. The molecule has 0 saturated heterocycles. The first kappa shape index (κ1) is 25.6. The fourth-order valence-electron chi connectivity index (χ4n) is 3.65. The van der Waals surface area contributed by atoms with E-state index < -0.39 is 0 Å². The van der Waals surface area contributed by atoms with E-state index in [-0.39, 0.29) is 49.0 Å². The number of nitrogens with zero attached hydrogens (tertiary/aromatic N) is 2. The van der Waals surface area contributed by atoms with Crippen LogP contribution in [0.4, 0.5) is 5.69 Å². The van der Waals surface area contributed by atoms with Crippen molar-refractivity contribution in [1.82, 2.24) is 9.80 Å². The van der Waals surface area contributed by atoms with Gasteiger partial charge in [-0.15, -0.1) is 0 Å². The van der Waals surface area contributed by atoms with Crippen molar-refractivity contribution in [3.8, 4) is 5.75 Å². The van der Waals surface area contributed by atoms with Gasteiger partial charge in [-0.3, -0.25) is 14.4 Å². The second-order valence-corrected chi connectivity index (χ2v) is 8.19. The standard InChI is InChI=1S/C23H35N3O6/c1-7-21(27)24-17-8-9-18-19(10-17)32-13-16(3)26(22(28)14-30-5)11-15(2)20(31-6)12-25(4)23(18)29/h8-10,15-16,20H,7,11-14H2,1-6H3,(H,24,27)/t15-,16-,20-/m1/s1. The molecule has 0 radical (unpaired) electrons. The molecule has 1 N–H and O–H groups in total. The van der Waals surface area contributed by atoms with Gasteiger partial charge in [-0.25, -0.2) is 0 Å². The van der Waals surface area contributed by atoms with E-state index in [4.69, 9.17) is 14.2 Å². The van der Waals surface area contributed by atoms with Crippen LogP contribution in [0.5, 0.6) is 5.75 Å². The fourth-order valence-corrected chi connectivity index (χ4v) is 3.65. The molecule has 0 fully saturated rings. The number of methoxy groups -OCH3 is 2. The zero-order valence-corrected chi connectivity index (χ0v) is 19.8. The molecule has 1 heterocycles. The van der Waals surface area contributed by atoms with Crippen LogP contribution in [-0.2, 0) is 19.1 Å². The lowest BCUT2D eigenvalue weighted by Gasteiger charge is -2.36. The number of nitrogens with one attached hydrogen (secondary N) is 1. The summed E-state index contributed by atoms with van der Waals surface area (Å²) in [7, 11) is 4.80. The van der Waals surface area contributed by atoms with Crippen LogP contribution in [0.1, 0.15) is 37.6 Å². The van der Waals surface area contributed by atoms with Gasteiger partial charge in [0.05, 0.1) is 17.7 Å². The maximum atomic E-state index is 13.2. The first-order valence-corrected chi connectivity index (χ1v) is 10.8. The molecule has 178 valence electrons. The average molecular weight is 450 g/mol. The van der Waals surface area contributed by atoms with Gasteiger partial charge in [-0.2, -0.15) is 0 Å². The summed E-state index contributed by atoms with van der Waals surface area (Å²) in [5.41, 5.74) is 0.925. The Bertz CT molecular complexity index is 815. The summed E-state index contributed by atoms with van der Waals surface area (Å²) in [4.78, 5) is 41.0. The highest BCUT2D eigenvalue weighted by molar-refractivity contribution is 5.98. The molecule has 0 aliphatic carbocycles. The molecule has 32 heavy (non-hydrogen) atoms. The summed E-state index contributed by atoms with van der Waals surface area (Å²) >= 11 is 0. The largest absolute Gasteiger partial charge is 0.491 e. The number of fused-ring (bicyclic) bond motifs is 1. The third-order valence-electron chi connectivity index (χ3n) is 5.64. The molecule has 0 unspecified atom stereocenters. The number of anilines is 1. The smallest absolute Gasteiger partial charge is 0.257 e. The van der Waals surface area contributed by atoms with Crippen molar-refractivity contribution in [3.63, 3.8) is 0 Å². The van der Waals surface area contributed by atoms with Gasteiger partial charge in [0.1, 0.15) is 19.0 Å². The van der Waals surface area contributed by atoms with E-state index >= 15 is 0 Å². The molecule has 0 spiro atoms. The van der Waals surface area contributed by atoms with E-state index in [1.54, 1.807) is 49.1 Å². The molecule has 1 aliphatic rings. The van der Waals surface area contributed by atoms with Crippen LogP contribution in [0.25, 0.3) is 0 Å². The molecule has 0 aromatic heterocycles. The quantitative estimate of drug-likeness (QED) is 0.739. The summed E-state index contributed by atoms with van der Waals surface area (Å²) in [6, 6.07) is 4.70. The highest BCUT2D eigenvalue weighted by Gasteiger charge is 2.30. The zero-order valence-electron chi connectivity index (χ0n) is 19.8. The number of carbonyl (C=O) groups is 3. The molecule has 1 aliphatic heterocycles. The van der Waals surface area contributed by atoms with Crippen molar-refractivity contribution in [3.05, 3.63) is 23.8 Å². The van der Waals surface area contributed by atoms with E-state index in [2.05, 4.69) is 5.32 Å². The normalized spacial score (nSPS) is 22.3. The number of likely N-dealkylation sites (N-methyl/N-ethyl adjacent to an activating group) is 1. The highest BCUT2D eigenvalue weighted by atomic mass is 16.5. The van der Waals surface area contributed by atoms with Crippen molar-refractivity contribution in [2.24, 2.45) is 5.92 Å². The highest BCUT2D eigenvalue weighted by Crippen LogP contribution is 2.27. The van der Waals surface area contributed by atoms with Crippen molar-refractivity contribution in [1.29, 1.82) is 0 Å². The fraction of sp³-hybridized carbons (Fsp3) is 0.609. The van der Waals surface area contributed by atoms with Crippen LogP contribution in [0.3, 0.4) is 0 Å². The van der Waals surface area contributed by atoms with Crippen LogP contribution in [0.2, 0.25) is 0 Å². The zero-order chi connectivity index (χ0) is 23.8. The summed E-state index contributed by atoms with van der Waals surface area (Å²) < 4.78 is 16.8. The van der Waals surface area contributed by atoms with Crippen molar-refractivity contribution >= 4 is 23.4 Å². The average Bonchev–Trinajstić information content (AvgIpc) is 2.78. The number of ether oxygens (including phenoxy) is 3. The Morgan fingerprint density at radius 2 is 1.94 bits per heavy atom. The molecule has 3 atom stereocenters. The van der Waals surface area contributed by atoms with Gasteiger partial charge in [0.25, 0.3) is 5.91 Å². The number of benzene rings is 1. The number of rotatable bonds is 5. The molecule has 3 amide bonds. The van der Waals surface area contributed by atoms with Gasteiger partial charge < -0.3 is 29.3 Å². The Kier molecular flexibility index (Phi) is 9.46. The van der Waals surface area contributed by atoms with Gasteiger partial charge in [-0.1, -0.05) is 13.8 Å². The van der Waals surface area contributed by atoms with Gasteiger partial charge in [0.15, 0.2) is 0 Å². The maximum absolute atomic E-state index is 13.2. The minimum Gasteiger partial charge on any atom is -0.491 e. The summed E-state index contributed by atoms with van der Waals surface area (Å²) in [5.74, 6) is -0.157. The number of hydrogen-bond donors (Lipinski definition) is 1. The van der Waals surface area contributed by atoms with E-state index in [0.717, 1.165) is 0 Å². The maximum Gasteiger partial charge on any atom is 0.257 e. The minimum absolute atomic E-state index is 0.0240. The van der Waals surface area contributed by atoms with Crippen molar-refractivity contribution < 1.29 is 28.6 Å². The number of amides is 3. The van der Waals surface area contributed by atoms with Gasteiger partial charge in [0.2, 0.25) is 11.8 Å². The lowest BCUT2D eigenvalue weighted by molar-refractivity contribution is -0.139. The SMILES string of the molecule is CCC(=O)Nc1ccc2c(c1)OC[C@@H](C)N(C(=O)COC)C[C@@H](C)[C@H](OC)CN(C)C2=O. The molecule has 0 saturated carbocycles. The first-order valence-electron chi connectivity index (χ1n) is 10.8. The molecule has 9 nitrogen and oxygen atoms in total. The first-order chi connectivity index (χ1) is 15.2. The van der Waals surface area contributed by atoms with Gasteiger partial charge in [0, 0.05) is 58.4 Å². The molecule has 0 bridgehead atoms. The Morgan fingerprint density at radius 1 is 1.22 bits per heavy atom. The minimum atomic E-state index is -0.272. The van der Waals surface area contributed by atoms with Crippen LogP contribution in [0.15, 0.2) is 18.2 Å². The van der Waals surface area contributed by atoms with Crippen molar-refractivity contribution in [2.75, 3.05) is 52.9 Å². The second kappa shape index (κ2) is 11.8. The van der Waals surface area contributed by atoms with E-state index in [1.165, 1.54) is 7.11 Å². The molecule has 2 rings (SSSR count). The van der Waals surface area contributed by atoms with E-state index in [0.29, 0.717) is 36.5 Å². The molecule has 1 aromatic carbocycles. The summed E-state index contributed by atoms with van der Waals surface area (Å²) in [6.45, 7) is 6.59. The van der Waals surface area contributed by atoms with Crippen LogP contribution in [-0.4, -0.2) is 87.2 Å². The van der Waals surface area contributed by atoms with E-state index in [1.807, 2.05) is 13.8 Å². The molecular weight excluding hydrogens is 414 g/mol. The predicted molar refractivity (Wildman–Crippen MR) is 121 cm³/mol. The summed E-state index contributed by atoms with van der Waals surface area (Å²) in [5, 5.41) is 2.79. The van der Waals surface area contributed by atoms with Crippen LogP contribution in [0, 0.1) is 5.92 Å². The third kappa shape index (κ3) is 6.43. The number of carbonyl (C=O) groups excluding carboxylic acids is 3. The monoisotopic (exact) mass is 449 g/mol. The molecule has 1 aromatic rings. The third-order valence-corrected chi connectivity index (χ3v) is 5.64. The van der Waals surface area contributed by atoms with Crippen LogP contribution < -0.4 is 10.1 Å². The Morgan fingerprint density at radius 3 is 2.56 bits per heavy atom. The lowest BCUT2D eigenvalue weighted by Crippen LogP contribution is -2.49. The topological polar surface area (TPSA) is 97.4 Å². The van der Waals surface area contributed by atoms with E-state index in [9.17, 15) is 14.4 Å². The van der Waals surface area contributed by atoms with Gasteiger partial charge in [-0.05, 0) is 19.1 Å². The second-order valence-electron chi connectivity index (χ2n) is 8.19. The molecule has 9 heteroatoms. The van der Waals surface area contributed by atoms with Crippen molar-refractivity contribution in [2.45, 2.75) is 39.3 Å². The Balaban J connectivity index is 2.44. The molecular formula is C23H35N3O6. The lowest BCUT2D eigenvalue weighted by atomic mass is 10.0. The van der Waals surface area contributed by atoms with Crippen LogP contribution >= 0.6 is 0 Å². The van der Waals surface area contributed by atoms with Gasteiger partial charge >= 0.3 is 0 Å².